The van der Waals surface area contributed by atoms with E-state index < -0.39 is 5.92 Å². The molecule has 1 fully saturated rings. The van der Waals surface area contributed by atoms with E-state index in [0.717, 1.165) is 16.8 Å². The van der Waals surface area contributed by atoms with E-state index in [1.165, 1.54) is 0 Å². The van der Waals surface area contributed by atoms with Crippen LogP contribution in [0.4, 0.5) is 0 Å². The number of para-hydroxylation sites is 1. The van der Waals surface area contributed by atoms with Crippen molar-refractivity contribution in [1.82, 2.24) is 10.0 Å². The number of rotatable bonds is 4. The van der Waals surface area contributed by atoms with Crippen molar-refractivity contribution in [3.63, 3.8) is 0 Å². The van der Waals surface area contributed by atoms with E-state index >= 15 is 0 Å². The first-order valence-corrected chi connectivity index (χ1v) is 11.6. The van der Waals surface area contributed by atoms with E-state index in [2.05, 4.69) is 23.2 Å². The van der Waals surface area contributed by atoms with Gasteiger partial charge in [-0.05, 0) is 24.0 Å². The standard InChI is InChI=1S/C27H28N4O3/c1-33-24-10-6-5-9-20(24)25-21(17-28)27(29)31(30-11-13-34-14-12-30)22-15-19(16-23(32)26(22)25)18-7-3-2-4-8-18/h2-10,19,25H,11-16,29H2,1H3. The van der Waals surface area contributed by atoms with Crippen molar-refractivity contribution in [2.75, 3.05) is 33.4 Å². The number of hydrogen-bond donors (Lipinski definition) is 1. The normalized spacial score (nSPS) is 23.5. The van der Waals surface area contributed by atoms with Gasteiger partial charge in [0.1, 0.15) is 11.6 Å². The number of nitrogens with zero attached hydrogens (tertiary/aromatic N) is 3. The molecule has 5 rings (SSSR count). The number of ether oxygens (including phenoxy) is 2. The Morgan fingerprint density at radius 2 is 1.76 bits per heavy atom. The molecule has 0 saturated carbocycles. The average molecular weight is 457 g/mol. The van der Waals surface area contributed by atoms with Crippen molar-refractivity contribution in [2.45, 2.75) is 24.7 Å². The number of carbonyl (C=O) groups excluding carboxylic acids is 1. The summed E-state index contributed by atoms with van der Waals surface area (Å²) in [7, 11) is 1.60. The summed E-state index contributed by atoms with van der Waals surface area (Å²) in [5, 5.41) is 14.3. The smallest absolute Gasteiger partial charge is 0.162 e. The number of nitrogens with two attached hydrogens (primary N) is 1. The second kappa shape index (κ2) is 9.34. The molecule has 7 heteroatoms. The molecule has 2 unspecified atom stereocenters. The molecule has 1 saturated heterocycles. The molecule has 34 heavy (non-hydrogen) atoms. The number of benzene rings is 2. The number of morpholine rings is 1. The third-order valence-electron chi connectivity index (χ3n) is 6.93. The van der Waals surface area contributed by atoms with Gasteiger partial charge in [-0.3, -0.25) is 9.80 Å². The van der Waals surface area contributed by atoms with Crippen LogP contribution in [-0.2, 0) is 9.53 Å². The molecule has 3 aliphatic rings. The largest absolute Gasteiger partial charge is 0.496 e. The van der Waals surface area contributed by atoms with Crippen LogP contribution in [-0.4, -0.2) is 49.2 Å². The SMILES string of the molecule is COc1ccccc1C1C(C#N)=C(N)N(N2CCOCC2)C2=C1C(=O)CC(c1ccccc1)C2. The number of hydrazine groups is 1. The monoisotopic (exact) mass is 456 g/mol. The molecule has 0 aromatic heterocycles. The molecule has 0 bridgehead atoms. The van der Waals surface area contributed by atoms with Gasteiger partial charge in [0, 0.05) is 36.3 Å². The highest BCUT2D eigenvalue weighted by atomic mass is 16.5. The van der Waals surface area contributed by atoms with Crippen molar-refractivity contribution >= 4 is 5.78 Å². The fourth-order valence-electron chi connectivity index (χ4n) is 5.37. The zero-order chi connectivity index (χ0) is 23.7. The minimum absolute atomic E-state index is 0.0459. The van der Waals surface area contributed by atoms with E-state index in [0.29, 0.717) is 61.9 Å². The van der Waals surface area contributed by atoms with Crippen LogP contribution in [0.25, 0.3) is 0 Å². The molecule has 174 valence electrons. The highest BCUT2D eigenvalue weighted by Gasteiger charge is 2.44. The zero-order valence-corrected chi connectivity index (χ0v) is 19.2. The molecular weight excluding hydrogens is 428 g/mol. The lowest BCUT2D eigenvalue weighted by Gasteiger charge is -2.47. The highest BCUT2D eigenvalue weighted by molar-refractivity contribution is 6.00. The Balaban J connectivity index is 1.69. The maximum Gasteiger partial charge on any atom is 0.162 e. The van der Waals surface area contributed by atoms with Gasteiger partial charge in [-0.1, -0.05) is 48.5 Å². The quantitative estimate of drug-likeness (QED) is 0.754. The number of allylic oxidation sites excluding steroid dienone is 3. The zero-order valence-electron chi connectivity index (χ0n) is 19.2. The van der Waals surface area contributed by atoms with Gasteiger partial charge in [0.25, 0.3) is 0 Å². The van der Waals surface area contributed by atoms with Gasteiger partial charge in [-0.15, -0.1) is 0 Å². The van der Waals surface area contributed by atoms with Crippen LogP contribution in [0.2, 0.25) is 0 Å². The van der Waals surface area contributed by atoms with Crippen LogP contribution in [0.1, 0.15) is 35.8 Å². The number of ketones is 1. The van der Waals surface area contributed by atoms with Crippen LogP contribution in [0.3, 0.4) is 0 Å². The van der Waals surface area contributed by atoms with Gasteiger partial charge in [0.15, 0.2) is 5.78 Å². The van der Waals surface area contributed by atoms with Gasteiger partial charge >= 0.3 is 0 Å². The molecule has 0 radical (unpaired) electrons. The van der Waals surface area contributed by atoms with Crippen LogP contribution in [0.5, 0.6) is 5.75 Å². The Hall–Kier alpha value is -3.60. The number of Topliss-reactive ketones (excluding diaryl/α,β-unsaturated/α-hetero) is 1. The second-order valence-electron chi connectivity index (χ2n) is 8.76. The van der Waals surface area contributed by atoms with Crippen molar-refractivity contribution in [2.24, 2.45) is 5.73 Å². The van der Waals surface area contributed by atoms with Crippen LogP contribution < -0.4 is 10.5 Å². The molecule has 2 heterocycles. The van der Waals surface area contributed by atoms with E-state index in [-0.39, 0.29) is 11.7 Å². The van der Waals surface area contributed by atoms with Gasteiger partial charge in [0.05, 0.1) is 37.9 Å². The molecule has 1 aliphatic carbocycles. The molecular formula is C27H28N4O3. The Morgan fingerprint density at radius 3 is 2.47 bits per heavy atom. The first-order valence-electron chi connectivity index (χ1n) is 11.6. The van der Waals surface area contributed by atoms with Crippen LogP contribution in [0.15, 0.2) is 77.3 Å². The fraction of sp³-hybridized carbons (Fsp3) is 0.333. The van der Waals surface area contributed by atoms with Gasteiger partial charge < -0.3 is 15.2 Å². The summed E-state index contributed by atoms with van der Waals surface area (Å²) in [5.41, 5.74) is 10.5. The van der Waals surface area contributed by atoms with Gasteiger partial charge in [0.2, 0.25) is 0 Å². The maximum atomic E-state index is 13.9. The number of methoxy groups -OCH3 is 1. The van der Waals surface area contributed by atoms with Crippen molar-refractivity contribution in [3.8, 4) is 11.8 Å². The molecule has 0 amide bonds. The summed E-state index contributed by atoms with van der Waals surface area (Å²) < 4.78 is 11.2. The fourth-order valence-corrected chi connectivity index (χ4v) is 5.37. The Labute approximate surface area is 199 Å². The molecule has 2 atom stereocenters. The summed E-state index contributed by atoms with van der Waals surface area (Å²) in [6.45, 7) is 2.42. The minimum Gasteiger partial charge on any atom is -0.496 e. The Kier molecular flexibility index (Phi) is 6.10. The summed E-state index contributed by atoms with van der Waals surface area (Å²) in [6, 6.07) is 20.0. The number of hydrogen-bond acceptors (Lipinski definition) is 7. The summed E-state index contributed by atoms with van der Waals surface area (Å²) >= 11 is 0. The van der Waals surface area contributed by atoms with Gasteiger partial charge in [-0.25, -0.2) is 5.01 Å². The molecule has 2 aromatic rings. The van der Waals surface area contributed by atoms with Crippen LogP contribution >= 0.6 is 0 Å². The predicted molar refractivity (Wildman–Crippen MR) is 127 cm³/mol. The second-order valence-corrected chi connectivity index (χ2v) is 8.76. The van der Waals surface area contributed by atoms with Gasteiger partial charge in [-0.2, -0.15) is 5.26 Å². The lowest BCUT2D eigenvalue weighted by molar-refractivity contribution is -0.117. The summed E-state index contributed by atoms with van der Waals surface area (Å²) in [5.74, 6) is 0.547. The van der Waals surface area contributed by atoms with Crippen molar-refractivity contribution in [3.05, 3.63) is 88.4 Å². The first-order chi connectivity index (χ1) is 16.6. The third-order valence-corrected chi connectivity index (χ3v) is 6.93. The molecule has 2 aromatic carbocycles. The van der Waals surface area contributed by atoms with Crippen molar-refractivity contribution < 1.29 is 14.3 Å². The number of carbonyl (C=O) groups is 1. The first kappa shape index (κ1) is 22.2. The third kappa shape index (κ3) is 3.75. The number of nitriles is 1. The van der Waals surface area contributed by atoms with E-state index in [4.69, 9.17) is 15.2 Å². The maximum absolute atomic E-state index is 13.9. The van der Waals surface area contributed by atoms with Crippen LogP contribution in [0, 0.1) is 11.3 Å². The Morgan fingerprint density at radius 1 is 1.06 bits per heavy atom. The van der Waals surface area contributed by atoms with Crippen molar-refractivity contribution in [1.29, 1.82) is 5.26 Å². The Bertz CT molecular complexity index is 1190. The summed E-state index contributed by atoms with van der Waals surface area (Å²) in [4.78, 5) is 13.9. The molecule has 2 N–H and O–H groups in total. The lowest BCUT2D eigenvalue weighted by Crippen LogP contribution is -2.52. The molecule has 7 nitrogen and oxygen atoms in total. The summed E-state index contributed by atoms with van der Waals surface area (Å²) in [6.07, 6.45) is 1.05. The topological polar surface area (TPSA) is 91.8 Å². The lowest BCUT2D eigenvalue weighted by atomic mass is 9.72. The van der Waals surface area contributed by atoms with E-state index in [1.54, 1.807) is 7.11 Å². The predicted octanol–water partition coefficient (Wildman–Crippen LogP) is 3.44. The highest BCUT2D eigenvalue weighted by Crippen LogP contribution is 2.49. The van der Waals surface area contributed by atoms with E-state index in [9.17, 15) is 10.1 Å². The minimum atomic E-state index is -0.558. The molecule has 0 spiro atoms. The van der Waals surface area contributed by atoms with E-state index in [1.807, 2.05) is 47.5 Å². The molecule has 2 aliphatic heterocycles. The average Bonchev–Trinajstić information content (AvgIpc) is 2.89.